The third kappa shape index (κ3) is 2.47. The predicted octanol–water partition coefficient (Wildman–Crippen LogP) is 4.19. The average molecular weight is 328 g/mol. The van der Waals surface area contributed by atoms with Crippen LogP contribution in [-0.2, 0) is 0 Å². The zero-order valence-corrected chi connectivity index (χ0v) is 12.6. The molecule has 20 heavy (non-hydrogen) atoms. The van der Waals surface area contributed by atoms with Gasteiger partial charge in [-0.2, -0.15) is 5.10 Å². The molecule has 0 atom stereocenters. The Bertz CT molecular complexity index is 727. The summed E-state index contributed by atoms with van der Waals surface area (Å²) < 4.78 is 2.84. The lowest BCUT2D eigenvalue weighted by molar-refractivity contribution is 0.884. The lowest BCUT2D eigenvalue weighted by Gasteiger charge is -2.01. The summed E-state index contributed by atoms with van der Waals surface area (Å²) in [6.07, 6.45) is 1.85. The van der Waals surface area contributed by atoms with Crippen LogP contribution in [0.25, 0.3) is 16.9 Å². The Morgan fingerprint density at radius 3 is 2.30 bits per heavy atom. The molecule has 3 aromatic rings. The first kappa shape index (κ1) is 12.9. The standard InChI is InChI=1S/C16H14BrN3/c1-11-2-4-12(5-3-11)16-15(18)10-20(19-16)14-8-6-13(17)7-9-14/h2-10H,18H2,1H3. The van der Waals surface area contributed by atoms with Gasteiger partial charge in [-0.15, -0.1) is 0 Å². The van der Waals surface area contributed by atoms with Gasteiger partial charge < -0.3 is 5.73 Å². The minimum absolute atomic E-state index is 0.678. The van der Waals surface area contributed by atoms with E-state index in [0.29, 0.717) is 5.69 Å². The summed E-state index contributed by atoms with van der Waals surface area (Å²) >= 11 is 3.43. The predicted molar refractivity (Wildman–Crippen MR) is 85.8 cm³/mol. The maximum absolute atomic E-state index is 6.09. The maximum atomic E-state index is 6.09. The van der Waals surface area contributed by atoms with E-state index >= 15 is 0 Å². The molecule has 0 unspecified atom stereocenters. The summed E-state index contributed by atoms with van der Waals surface area (Å²) in [6, 6.07) is 16.2. The quantitative estimate of drug-likeness (QED) is 0.766. The highest BCUT2D eigenvalue weighted by atomic mass is 79.9. The van der Waals surface area contributed by atoms with Crippen molar-refractivity contribution >= 4 is 21.6 Å². The van der Waals surface area contributed by atoms with Gasteiger partial charge in [0, 0.05) is 10.0 Å². The van der Waals surface area contributed by atoms with E-state index in [-0.39, 0.29) is 0 Å². The van der Waals surface area contributed by atoms with Crippen LogP contribution in [0.2, 0.25) is 0 Å². The van der Waals surface area contributed by atoms with Gasteiger partial charge in [-0.25, -0.2) is 4.68 Å². The first-order chi connectivity index (χ1) is 9.63. The number of nitrogens with zero attached hydrogens (tertiary/aromatic N) is 2. The van der Waals surface area contributed by atoms with Gasteiger partial charge in [-0.05, 0) is 31.2 Å². The Morgan fingerprint density at radius 1 is 1.00 bits per heavy atom. The number of anilines is 1. The number of nitrogen functional groups attached to an aromatic ring is 1. The van der Waals surface area contributed by atoms with Crippen molar-refractivity contribution in [1.29, 1.82) is 0 Å². The highest BCUT2D eigenvalue weighted by Gasteiger charge is 2.09. The fraction of sp³-hybridized carbons (Fsp3) is 0.0625. The normalized spacial score (nSPS) is 10.7. The molecule has 2 aromatic carbocycles. The first-order valence-corrected chi connectivity index (χ1v) is 7.11. The van der Waals surface area contributed by atoms with Crippen LogP contribution in [-0.4, -0.2) is 9.78 Å². The molecule has 0 aliphatic heterocycles. The lowest BCUT2D eigenvalue weighted by Crippen LogP contribution is -1.94. The highest BCUT2D eigenvalue weighted by Crippen LogP contribution is 2.26. The van der Waals surface area contributed by atoms with Crippen LogP contribution in [0.5, 0.6) is 0 Å². The van der Waals surface area contributed by atoms with Crippen molar-refractivity contribution < 1.29 is 0 Å². The van der Waals surface area contributed by atoms with E-state index in [2.05, 4.69) is 40.1 Å². The fourth-order valence-electron chi connectivity index (χ4n) is 2.05. The van der Waals surface area contributed by atoms with Crippen molar-refractivity contribution in [2.75, 3.05) is 5.73 Å². The molecule has 2 N–H and O–H groups in total. The second-order valence-corrected chi connectivity index (χ2v) is 5.64. The molecule has 0 saturated heterocycles. The summed E-state index contributed by atoms with van der Waals surface area (Å²) in [5.74, 6) is 0. The van der Waals surface area contributed by atoms with E-state index in [1.54, 1.807) is 4.68 Å². The molecule has 100 valence electrons. The van der Waals surface area contributed by atoms with E-state index in [9.17, 15) is 0 Å². The van der Waals surface area contributed by atoms with E-state index in [1.165, 1.54) is 5.56 Å². The van der Waals surface area contributed by atoms with Gasteiger partial charge in [0.1, 0.15) is 5.69 Å². The van der Waals surface area contributed by atoms with Gasteiger partial charge in [-0.1, -0.05) is 45.8 Å². The summed E-state index contributed by atoms with van der Waals surface area (Å²) in [5, 5.41) is 4.59. The Morgan fingerprint density at radius 2 is 1.65 bits per heavy atom. The molecular weight excluding hydrogens is 314 g/mol. The zero-order valence-electron chi connectivity index (χ0n) is 11.0. The Balaban J connectivity index is 2.02. The van der Waals surface area contributed by atoms with Gasteiger partial charge in [0.15, 0.2) is 0 Å². The molecule has 0 aliphatic rings. The van der Waals surface area contributed by atoms with Crippen molar-refractivity contribution in [2.24, 2.45) is 0 Å². The van der Waals surface area contributed by atoms with Gasteiger partial charge in [0.05, 0.1) is 17.6 Å². The Labute approximate surface area is 126 Å². The van der Waals surface area contributed by atoms with Crippen molar-refractivity contribution in [3.63, 3.8) is 0 Å². The molecule has 1 aromatic heterocycles. The van der Waals surface area contributed by atoms with Crippen LogP contribution in [0.1, 0.15) is 5.56 Å². The number of nitrogens with two attached hydrogens (primary N) is 1. The minimum atomic E-state index is 0.678. The van der Waals surface area contributed by atoms with Gasteiger partial charge in [0.25, 0.3) is 0 Å². The summed E-state index contributed by atoms with van der Waals surface area (Å²) in [7, 11) is 0. The van der Waals surface area contributed by atoms with E-state index in [1.807, 2.05) is 42.6 Å². The SMILES string of the molecule is Cc1ccc(-c2nn(-c3ccc(Br)cc3)cc2N)cc1. The summed E-state index contributed by atoms with van der Waals surface area (Å²) in [6.45, 7) is 2.06. The largest absolute Gasteiger partial charge is 0.396 e. The number of benzene rings is 2. The van der Waals surface area contributed by atoms with Gasteiger partial charge in [-0.3, -0.25) is 0 Å². The summed E-state index contributed by atoms with van der Waals surface area (Å²) in [5.41, 5.74) is 10.8. The number of hydrogen-bond donors (Lipinski definition) is 1. The zero-order chi connectivity index (χ0) is 14.1. The summed E-state index contributed by atoms with van der Waals surface area (Å²) in [4.78, 5) is 0. The number of hydrogen-bond acceptors (Lipinski definition) is 2. The molecule has 3 rings (SSSR count). The molecule has 1 heterocycles. The fourth-order valence-corrected chi connectivity index (χ4v) is 2.31. The van der Waals surface area contributed by atoms with Crippen LogP contribution in [0, 0.1) is 6.92 Å². The third-order valence-corrected chi connectivity index (χ3v) is 3.69. The van der Waals surface area contributed by atoms with E-state index in [4.69, 9.17) is 5.73 Å². The molecule has 0 aliphatic carbocycles. The molecule has 0 saturated carbocycles. The first-order valence-electron chi connectivity index (χ1n) is 6.31. The minimum Gasteiger partial charge on any atom is -0.396 e. The Hall–Kier alpha value is -2.07. The average Bonchev–Trinajstić information content (AvgIpc) is 2.82. The van der Waals surface area contributed by atoms with E-state index in [0.717, 1.165) is 21.4 Å². The second kappa shape index (κ2) is 5.13. The molecule has 0 bridgehead atoms. The monoisotopic (exact) mass is 327 g/mol. The van der Waals surface area contributed by atoms with Crippen LogP contribution in [0.3, 0.4) is 0 Å². The maximum Gasteiger partial charge on any atom is 0.116 e. The van der Waals surface area contributed by atoms with Crippen LogP contribution in [0.15, 0.2) is 59.2 Å². The topological polar surface area (TPSA) is 43.8 Å². The van der Waals surface area contributed by atoms with Crippen LogP contribution < -0.4 is 5.73 Å². The molecular formula is C16H14BrN3. The van der Waals surface area contributed by atoms with Gasteiger partial charge >= 0.3 is 0 Å². The van der Waals surface area contributed by atoms with Crippen LogP contribution >= 0.6 is 15.9 Å². The van der Waals surface area contributed by atoms with E-state index < -0.39 is 0 Å². The molecule has 4 heteroatoms. The number of aromatic nitrogens is 2. The van der Waals surface area contributed by atoms with Crippen molar-refractivity contribution in [3.05, 3.63) is 64.8 Å². The second-order valence-electron chi connectivity index (χ2n) is 4.72. The third-order valence-electron chi connectivity index (χ3n) is 3.16. The number of aryl methyl sites for hydroxylation is 1. The number of halogens is 1. The molecule has 0 amide bonds. The molecule has 0 radical (unpaired) electrons. The molecule has 0 spiro atoms. The molecule has 3 nitrogen and oxygen atoms in total. The van der Waals surface area contributed by atoms with Crippen molar-refractivity contribution in [3.8, 4) is 16.9 Å². The van der Waals surface area contributed by atoms with Gasteiger partial charge in [0.2, 0.25) is 0 Å². The Kier molecular flexibility index (Phi) is 3.32. The van der Waals surface area contributed by atoms with Crippen molar-refractivity contribution in [1.82, 2.24) is 9.78 Å². The lowest BCUT2D eigenvalue weighted by atomic mass is 10.1. The number of rotatable bonds is 2. The molecule has 0 fully saturated rings. The highest BCUT2D eigenvalue weighted by molar-refractivity contribution is 9.10. The smallest absolute Gasteiger partial charge is 0.116 e. The van der Waals surface area contributed by atoms with Crippen molar-refractivity contribution in [2.45, 2.75) is 6.92 Å². The van der Waals surface area contributed by atoms with Crippen LogP contribution in [0.4, 0.5) is 5.69 Å².